The Labute approximate surface area is 214 Å². The zero-order valence-corrected chi connectivity index (χ0v) is 20.7. The minimum Gasteiger partial charge on any atom is -0.305 e. The van der Waals surface area contributed by atoms with Crippen molar-refractivity contribution in [2.45, 2.75) is 39.5 Å². The Bertz CT molecular complexity index is 1460. The van der Waals surface area contributed by atoms with Gasteiger partial charge in [0.2, 0.25) is 5.96 Å². The molecule has 0 fully saturated rings. The van der Waals surface area contributed by atoms with E-state index >= 15 is 0 Å². The topological polar surface area (TPSA) is 53.7 Å². The van der Waals surface area contributed by atoms with Gasteiger partial charge in [-0.2, -0.15) is 13.2 Å². The van der Waals surface area contributed by atoms with Crippen LogP contribution < -0.4 is 4.90 Å². The Morgan fingerprint density at radius 1 is 1.05 bits per heavy atom. The normalized spacial score (nSPS) is 17.3. The molecular formula is C26H23F6N5O. The van der Waals surface area contributed by atoms with E-state index in [9.17, 15) is 31.1 Å². The zero-order chi connectivity index (χ0) is 27.5. The fourth-order valence-corrected chi connectivity index (χ4v) is 4.72. The number of amides is 1. The molecule has 3 aromatic rings. The van der Waals surface area contributed by atoms with Gasteiger partial charge >= 0.3 is 6.18 Å². The molecule has 5 rings (SSSR count). The molecule has 1 aromatic heterocycles. The highest BCUT2D eigenvalue weighted by Crippen LogP contribution is 2.39. The summed E-state index contributed by atoms with van der Waals surface area (Å²) >= 11 is 0. The monoisotopic (exact) mass is 535 g/mol. The van der Waals surface area contributed by atoms with Crippen LogP contribution in [-0.4, -0.2) is 45.4 Å². The molecule has 12 heteroatoms. The Hall–Kier alpha value is -3.83. The van der Waals surface area contributed by atoms with Crippen LogP contribution >= 0.6 is 0 Å². The maximum atomic E-state index is 14.7. The van der Waals surface area contributed by atoms with Crippen LogP contribution in [0.25, 0.3) is 11.4 Å². The number of hydrogen-bond donors (Lipinski definition) is 0. The van der Waals surface area contributed by atoms with Crippen molar-refractivity contribution >= 4 is 17.7 Å². The molecule has 1 amide bonds. The number of rotatable bonds is 5. The van der Waals surface area contributed by atoms with Crippen molar-refractivity contribution in [1.82, 2.24) is 14.5 Å². The van der Waals surface area contributed by atoms with Gasteiger partial charge in [0.25, 0.3) is 5.91 Å². The van der Waals surface area contributed by atoms with E-state index in [4.69, 9.17) is 4.99 Å². The number of carbonyl (C=O) groups excluding carboxylic acids is 1. The number of aliphatic imine (C=N–C) groups is 1. The lowest BCUT2D eigenvalue weighted by Gasteiger charge is -2.33. The molecule has 6 nitrogen and oxygen atoms in total. The molecule has 1 atom stereocenters. The number of nitrogens with zero attached hydrogens (tertiary/aromatic N) is 5. The molecule has 38 heavy (non-hydrogen) atoms. The summed E-state index contributed by atoms with van der Waals surface area (Å²) in [6.07, 6.45) is -4.98. The Balaban J connectivity index is 1.75. The van der Waals surface area contributed by atoms with Crippen molar-refractivity contribution < 1.29 is 31.1 Å². The average Bonchev–Trinajstić information content (AvgIpc) is 3.43. The first-order chi connectivity index (χ1) is 17.9. The first kappa shape index (κ1) is 25.8. The smallest absolute Gasteiger partial charge is 0.305 e. The van der Waals surface area contributed by atoms with E-state index < -0.39 is 35.1 Å². The number of hydrogen-bond acceptors (Lipinski definition) is 4. The highest BCUT2D eigenvalue weighted by Gasteiger charge is 2.44. The number of fused-ring (bicyclic) bond motifs is 3. The van der Waals surface area contributed by atoms with Gasteiger partial charge in [-0.15, -0.1) is 0 Å². The molecule has 0 radical (unpaired) electrons. The largest absolute Gasteiger partial charge is 0.419 e. The lowest BCUT2D eigenvalue weighted by atomic mass is 10.1. The lowest BCUT2D eigenvalue weighted by Crippen LogP contribution is -2.50. The van der Waals surface area contributed by atoms with Crippen LogP contribution in [-0.2, 0) is 12.7 Å². The van der Waals surface area contributed by atoms with Gasteiger partial charge in [-0.05, 0) is 37.1 Å². The van der Waals surface area contributed by atoms with Gasteiger partial charge in [0.1, 0.15) is 29.1 Å². The maximum absolute atomic E-state index is 14.7. The molecular weight excluding hydrogens is 512 g/mol. The van der Waals surface area contributed by atoms with Crippen LogP contribution in [0.3, 0.4) is 0 Å². The Kier molecular flexibility index (Phi) is 6.23. The SMILES string of the molecule is CCN1C(=O)c2nc(-c3ccc(F)c(C(F)(F)F)c3)n(Cc3ccc(F)cc3F)c2N2C[C@@H](C(C)C)N=C12. The summed E-state index contributed by atoms with van der Waals surface area (Å²) in [5, 5.41) is 0. The molecule has 0 saturated carbocycles. The van der Waals surface area contributed by atoms with E-state index in [2.05, 4.69) is 4.98 Å². The number of benzene rings is 2. The minimum atomic E-state index is -4.98. The molecule has 200 valence electrons. The van der Waals surface area contributed by atoms with Crippen LogP contribution in [0, 0.1) is 23.4 Å². The predicted molar refractivity (Wildman–Crippen MR) is 128 cm³/mol. The third-order valence-corrected chi connectivity index (χ3v) is 6.74. The maximum Gasteiger partial charge on any atom is 0.419 e. The summed E-state index contributed by atoms with van der Waals surface area (Å²) in [7, 11) is 0. The summed E-state index contributed by atoms with van der Waals surface area (Å²) in [4.78, 5) is 25.8. The molecule has 2 aliphatic rings. The predicted octanol–water partition coefficient (Wildman–Crippen LogP) is 5.71. The van der Waals surface area contributed by atoms with Crippen LogP contribution in [0.5, 0.6) is 0 Å². The zero-order valence-electron chi connectivity index (χ0n) is 20.7. The standard InChI is InChI=1S/C26H23F6N5O/c1-4-35-24(38)21-23(37-12-20(13(2)3)33-25(35)37)36(11-15-5-7-16(27)10-19(15)29)22(34-21)14-6-8-18(28)17(9-14)26(30,31)32/h5-10,13,20H,4,11-12H2,1-3H3/t20-/m0/s1. The minimum absolute atomic E-state index is 0.0227. The number of carbonyl (C=O) groups is 1. The molecule has 3 heterocycles. The summed E-state index contributed by atoms with van der Waals surface area (Å²) in [5.41, 5.74) is -1.65. The second kappa shape index (κ2) is 9.17. The van der Waals surface area contributed by atoms with Gasteiger partial charge in [-0.3, -0.25) is 14.6 Å². The van der Waals surface area contributed by atoms with Crippen LogP contribution in [0.1, 0.15) is 42.4 Å². The highest BCUT2D eigenvalue weighted by atomic mass is 19.4. The number of guanidine groups is 1. The summed E-state index contributed by atoms with van der Waals surface area (Å²) < 4.78 is 84.4. The van der Waals surface area contributed by atoms with Gasteiger partial charge in [0.15, 0.2) is 5.69 Å². The van der Waals surface area contributed by atoms with Crippen molar-refractivity contribution in [1.29, 1.82) is 0 Å². The van der Waals surface area contributed by atoms with Crippen LogP contribution in [0.15, 0.2) is 41.4 Å². The van der Waals surface area contributed by atoms with Crippen LogP contribution in [0.2, 0.25) is 0 Å². The number of anilines is 1. The van der Waals surface area contributed by atoms with E-state index in [-0.39, 0.29) is 53.5 Å². The Morgan fingerprint density at radius 2 is 1.79 bits per heavy atom. The average molecular weight is 535 g/mol. The quantitative estimate of drug-likeness (QED) is 0.394. The number of alkyl halides is 3. The second-order valence-electron chi connectivity index (χ2n) is 9.52. The van der Waals surface area contributed by atoms with Crippen molar-refractivity contribution in [3.63, 3.8) is 0 Å². The fraction of sp³-hybridized carbons (Fsp3) is 0.346. The number of imidazole rings is 1. The first-order valence-electron chi connectivity index (χ1n) is 12.0. The van der Waals surface area contributed by atoms with E-state index in [1.807, 2.05) is 13.8 Å². The van der Waals surface area contributed by atoms with E-state index in [1.165, 1.54) is 15.5 Å². The lowest BCUT2D eigenvalue weighted by molar-refractivity contribution is -0.139. The molecule has 0 unspecified atom stereocenters. The Morgan fingerprint density at radius 3 is 2.42 bits per heavy atom. The van der Waals surface area contributed by atoms with Gasteiger partial charge in [0.05, 0.1) is 24.7 Å². The molecule has 2 aromatic carbocycles. The molecule has 0 bridgehead atoms. The summed E-state index contributed by atoms with van der Waals surface area (Å²) in [5.74, 6) is -3.03. The van der Waals surface area contributed by atoms with Crippen LogP contribution in [0.4, 0.5) is 32.2 Å². The van der Waals surface area contributed by atoms with Crippen molar-refractivity contribution in [2.24, 2.45) is 10.9 Å². The van der Waals surface area contributed by atoms with Gasteiger partial charge in [0, 0.05) is 23.7 Å². The number of halogens is 6. The molecule has 0 spiro atoms. The molecule has 0 saturated heterocycles. The fourth-order valence-electron chi connectivity index (χ4n) is 4.72. The number of aromatic nitrogens is 2. The van der Waals surface area contributed by atoms with Gasteiger partial charge in [-0.25, -0.2) is 23.1 Å². The first-order valence-corrected chi connectivity index (χ1v) is 12.0. The van der Waals surface area contributed by atoms with E-state index in [0.717, 1.165) is 12.1 Å². The molecule has 2 aliphatic heterocycles. The van der Waals surface area contributed by atoms with Crippen molar-refractivity contribution in [2.75, 3.05) is 18.0 Å². The second-order valence-corrected chi connectivity index (χ2v) is 9.52. The van der Waals surface area contributed by atoms with Crippen molar-refractivity contribution in [3.05, 3.63) is 70.7 Å². The highest BCUT2D eigenvalue weighted by molar-refractivity contribution is 6.18. The molecule has 0 aliphatic carbocycles. The summed E-state index contributed by atoms with van der Waals surface area (Å²) in [6.45, 7) is 6.05. The van der Waals surface area contributed by atoms with Gasteiger partial charge < -0.3 is 4.57 Å². The van der Waals surface area contributed by atoms with Crippen molar-refractivity contribution in [3.8, 4) is 11.4 Å². The summed E-state index contributed by atoms with van der Waals surface area (Å²) in [6, 6.07) is 5.18. The third-order valence-electron chi connectivity index (χ3n) is 6.74. The molecule has 0 N–H and O–H groups in total. The van der Waals surface area contributed by atoms with E-state index in [0.29, 0.717) is 30.7 Å². The van der Waals surface area contributed by atoms with Gasteiger partial charge in [-0.1, -0.05) is 19.9 Å². The third kappa shape index (κ3) is 4.21. The van der Waals surface area contributed by atoms with E-state index in [1.54, 1.807) is 11.8 Å².